The summed E-state index contributed by atoms with van der Waals surface area (Å²) in [5.41, 5.74) is 10.6. The van der Waals surface area contributed by atoms with Crippen molar-refractivity contribution < 1.29 is 13.2 Å². The molecular weight excluding hydrogens is 359 g/mol. The summed E-state index contributed by atoms with van der Waals surface area (Å²) in [7, 11) is 0. The molecule has 0 aliphatic carbocycles. The van der Waals surface area contributed by atoms with Crippen molar-refractivity contribution in [2.75, 3.05) is 0 Å². The molecule has 1 nitrogen and oxygen atoms in total. The van der Waals surface area contributed by atoms with Crippen LogP contribution in [0.3, 0.4) is 0 Å². The summed E-state index contributed by atoms with van der Waals surface area (Å²) in [6, 6.07) is 11.4. The molecule has 0 atom stereocenters. The molecule has 0 aliphatic rings. The number of rotatable bonds is 7. The van der Waals surface area contributed by atoms with Crippen molar-refractivity contribution in [2.24, 2.45) is 5.73 Å². The van der Waals surface area contributed by atoms with Crippen LogP contribution in [0.2, 0.25) is 0 Å². The second kappa shape index (κ2) is 9.45. The number of alkyl halides is 3. The van der Waals surface area contributed by atoms with Crippen LogP contribution in [0.5, 0.6) is 0 Å². The molecule has 0 unspecified atom stereocenters. The molecule has 0 aromatic heterocycles. The number of aryl methyl sites for hydroxylation is 1. The Bertz CT molecular complexity index is 889. The molecule has 0 amide bonds. The van der Waals surface area contributed by atoms with Gasteiger partial charge >= 0.3 is 6.18 Å². The van der Waals surface area contributed by atoms with Crippen LogP contribution >= 0.6 is 0 Å². The summed E-state index contributed by atoms with van der Waals surface area (Å²) in [5.74, 6) is 0. The van der Waals surface area contributed by atoms with E-state index >= 15 is 0 Å². The van der Waals surface area contributed by atoms with Gasteiger partial charge in [0.15, 0.2) is 0 Å². The summed E-state index contributed by atoms with van der Waals surface area (Å²) in [6.45, 7) is 7.80. The summed E-state index contributed by atoms with van der Waals surface area (Å²) < 4.78 is 38.7. The van der Waals surface area contributed by atoms with Crippen LogP contribution in [-0.2, 0) is 12.6 Å². The topological polar surface area (TPSA) is 26.0 Å². The molecule has 0 fully saturated rings. The normalized spacial score (nSPS) is 12.9. The van der Waals surface area contributed by atoms with E-state index in [1.165, 1.54) is 6.07 Å². The van der Waals surface area contributed by atoms with Crippen molar-refractivity contribution in [3.05, 3.63) is 88.5 Å². The fourth-order valence-electron chi connectivity index (χ4n) is 2.84. The first-order valence-electron chi connectivity index (χ1n) is 9.33. The molecule has 2 N–H and O–H groups in total. The molecule has 0 spiro atoms. The van der Waals surface area contributed by atoms with E-state index in [4.69, 9.17) is 5.73 Å². The highest BCUT2D eigenvalue weighted by molar-refractivity contribution is 5.75. The van der Waals surface area contributed by atoms with Gasteiger partial charge in [0.05, 0.1) is 5.56 Å². The Morgan fingerprint density at radius 2 is 1.79 bits per heavy atom. The van der Waals surface area contributed by atoms with E-state index < -0.39 is 11.7 Å². The number of nitrogens with two attached hydrogens (primary N) is 1. The van der Waals surface area contributed by atoms with Gasteiger partial charge in [0.2, 0.25) is 0 Å². The quantitative estimate of drug-likeness (QED) is 0.399. The summed E-state index contributed by atoms with van der Waals surface area (Å²) >= 11 is 0. The zero-order valence-electron chi connectivity index (χ0n) is 16.3. The Labute approximate surface area is 165 Å². The molecule has 2 aromatic rings. The molecule has 0 radical (unpaired) electrons. The average Bonchev–Trinajstić information content (AvgIpc) is 2.69. The highest BCUT2D eigenvalue weighted by Crippen LogP contribution is 2.30. The van der Waals surface area contributed by atoms with E-state index in [0.29, 0.717) is 11.3 Å². The highest BCUT2D eigenvalue weighted by atomic mass is 19.4. The first kappa shape index (κ1) is 21.5. The molecule has 0 saturated carbocycles. The van der Waals surface area contributed by atoms with Crippen molar-refractivity contribution in [1.29, 1.82) is 0 Å². The standard InChI is InChI=1S/C24H26F3N/c1-4-6-8-19-13-20(15-21(14-19)23(28)17(3)5-2)12-11-18-9-7-10-22(16-18)24(25,26)27/h5,7,9-16H,2,4,6,8,28H2,1,3H3/b12-11+,23-17+. The van der Waals surface area contributed by atoms with Crippen molar-refractivity contribution >= 4 is 17.8 Å². The van der Waals surface area contributed by atoms with Crippen LogP contribution in [0.1, 0.15) is 54.5 Å². The maximum Gasteiger partial charge on any atom is 0.416 e. The minimum Gasteiger partial charge on any atom is -0.398 e. The molecular formula is C24H26F3N. The lowest BCUT2D eigenvalue weighted by Crippen LogP contribution is -2.04. The number of halogens is 3. The summed E-state index contributed by atoms with van der Waals surface area (Å²) in [6.07, 6.45) is 3.95. The Balaban J connectivity index is 2.41. The fraction of sp³-hybridized carbons (Fsp3) is 0.250. The molecule has 2 rings (SSSR count). The molecule has 0 saturated heterocycles. The lowest BCUT2D eigenvalue weighted by molar-refractivity contribution is -0.137. The number of benzene rings is 2. The molecule has 28 heavy (non-hydrogen) atoms. The fourth-order valence-corrected chi connectivity index (χ4v) is 2.84. The molecule has 0 bridgehead atoms. The largest absolute Gasteiger partial charge is 0.416 e. The number of hydrogen-bond acceptors (Lipinski definition) is 1. The average molecular weight is 385 g/mol. The summed E-state index contributed by atoms with van der Waals surface area (Å²) in [4.78, 5) is 0. The Morgan fingerprint density at radius 1 is 1.07 bits per heavy atom. The second-order valence-electron chi connectivity index (χ2n) is 6.82. The lowest BCUT2D eigenvalue weighted by atomic mass is 9.98. The van der Waals surface area contributed by atoms with Crippen LogP contribution in [0.15, 0.2) is 60.7 Å². The number of hydrogen-bond donors (Lipinski definition) is 1. The van der Waals surface area contributed by atoms with E-state index in [-0.39, 0.29) is 0 Å². The number of unbranched alkanes of at least 4 members (excludes halogenated alkanes) is 1. The molecule has 0 aliphatic heterocycles. The predicted octanol–water partition coefficient (Wildman–Crippen LogP) is 7.09. The van der Waals surface area contributed by atoms with Gasteiger partial charge in [-0.1, -0.05) is 56.4 Å². The van der Waals surface area contributed by atoms with E-state index in [9.17, 15) is 13.2 Å². The van der Waals surface area contributed by atoms with E-state index in [2.05, 4.69) is 25.6 Å². The van der Waals surface area contributed by atoms with Crippen LogP contribution < -0.4 is 5.73 Å². The first-order valence-corrected chi connectivity index (χ1v) is 9.33. The van der Waals surface area contributed by atoms with Gasteiger partial charge in [-0.3, -0.25) is 0 Å². The zero-order valence-corrected chi connectivity index (χ0v) is 16.3. The van der Waals surface area contributed by atoms with Gasteiger partial charge in [0.1, 0.15) is 0 Å². The van der Waals surface area contributed by atoms with Crippen molar-refractivity contribution in [1.82, 2.24) is 0 Å². The smallest absolute Gasteiger partial charge is 0.398 e. The van der Waals surface area contributed by atoms with E-state index in [1.54, 1.807) is 18.2 Å². The van der Waals surface area contributed by atoms with Gasteiger partial charge in [-0.25, -0.2) is 0 Å². The second-order valence-corrected chi connectivity index (χ2v) is 6.82. The summed E-state index contributed by atoms with van der Waals surface area (Å²) in [5, 5.41) is 0. The Kier molecular flexibility index (Phi) is 7.27. The van der Waals surface area contributed by atoms with Crippen molar-refractivity contribution in [3.63, 3.8) is 0 Å². The Morgan fingerprint density at radius 3 is 2.43 bits per heavy atom. The van der Waals surface area contributed by atoms with Gasteiger partial charge in [-0.2, -0.15) is 13.2 Å². The van der Waals surface area contributed by atoms with Crippen LogP contribution in [0, 0.1) is 0 Å². The van der Waals surface area contributed by atoms with Crippen LogP contribution in [0.25, 0.3) is 17.8 Å². The maximum atomic E-state index is 12.9. The van der Waals surface area contributed by atoms with Crippen LogP contribution in [-0.4, -0.2) is 0 Å². The molecule has 0 heterocycles. The minimum atomic E-state index is -4.35. The zero-order chi connectivity index (χ0) is 20.7. The third-order valence-electron chi connectivity index (χ3n) is 4.56. The molecule has 148 valence electrons. The number of allylic oxidation sites excluding steroid dienone is 2. The van der Waals surface area contributed by atoms with Gasteiger partial charge < -0.3 is 5.73 Å². The third-order valence-corrected chi connectivity index (χ3v) is 4.56. The van der Waals surface area contributed by atoms with Gasteiger partial charge in [0, 0.05) is 5.70 Å². The molecule has 2 aromatic carbocycles. The Hall–Kier alpha value is -2.75. The van der Waals surface area contributed by atoms with E-state index in [1.807, 2.05) is 19.1 Å². The van der Waals surface area contributed by atoms with Crippen molar-refractivity contribution in [2.45, 2.75) is 39.3 Å². The van der Waals surface area contributed by atoms with Crippen LogP contribution in [0.4, 0.5) is 13.2 Å². The predicted molar refractivity (Wildman–Crippen MR) is 112 cm³/mol. The molecule has 4 heteroatoms. The highest BCUT2D eigenvalue weighted by Gasteiger charge is 2.30. The van der Waals surface area contributed by atoms with E-state index in [0.717, 1.165) is 53.7 Å². The third kappa shape index (κ3) is 5.88. The lowest BCUT2D eigenvalue weighted by Gasteiger charge is -2.10. The monoisotopic (exact) mass is 385 g/mol. The maximum absolute atomic E-state index is 12.9. The van der Waals surface area contributed by atoms with Crippen molar-refractivity contribution in [3.8, 4) is 0 Å². The van der Waals surface area contributed by atoms with Gasteiger partial charge in [-0.05, 0) is 71.9 Å². The first-order chi connectivity index (χ1) is 13.2. The van der Waals surface area contributed by atoms with Gasteiger partial charge in [0.25, 0.3) is 0 Å². The van der Waals surface area contributed by atoms with Gasteiger partial charge in [-0.15, -0.1) is 0 Å². The minimum absolute atomic E-state index is 0.501. The SMILES string of the molecule is C=C/C(C)=C(/N)c1cc(/C=C/c2cccc(C(F)(F)F)c2)cc(CCCC)c1.